The maximum absolute atomic E-state index is 5.42. The highest BCUT2D eigenvalue weighted by Crippen LogP contribution is 2.42. The number of benzene rings is 1. The standard InChI is InChI=1S/C13H11Br2N3O2/c1-6-10(15)13(16-2)18-12(17-6)7-3-8(14)11-9(4-7)19-5-20-11/h3-4H,5H2,1-2H3,(H,16,17,18). The van der Waals surface area contributed by atoms with Crippen LogP contribution in [0.3, 0.4) is 0 Å². The Kier molecular flexibility index (Phi) is 3.55. The molecule has 0 spiro atoms. The van der Waals surface area contributed by atoms with Crippen LogP contribution < -0.4 is 14.8 Å². The van der Waals surface area contributed by atoms with Crippen LogP contribution in [0.2, 0.25) is 0 Å². The number of hydrogen-bond acceptors (Lipinski definition) is 5. The number of hydrogen-bond donors (Lipinski definition) is 1. The van der Waals surface area contributed by atoms with Crippen LogP contribution in [0.15, 0.2) is 21.1 Å². The van der Waals surface area contributed by atoms with Crippen molar-refractivity contribution in [3.63, 3.8) is 0 Å². The molecule has 2 heterocycles. The van der Waals surface area contributed by atoms with Crippen LogP contribution in [0.5, 0.6) is 11.5 Å². The van der Waals surface area contributed by atoms with Gasteiger partial charge in [0.15, 0.2) is 17.3 Å². The molecule has 0 amide bonds. The van der Waals surface area contributed by atoms with Crippen molar-refractivity contribution in [1.82, 2.24) is 9.97 Å². The van der Waals surface area contributed by atoms with Gasteiger partial charge in [-0.2, -0.15) is 0 Å². The monoisotopic (exact) mass is 399 g/mol. The van der Waals surface area contributed by atoms with E-state index < -0.39 is 0 Å². The molecule has 0 bridgehead atoms. The van der Waals surface area contributed by atoms with Crippen LogP contribution >= 0.6 is 31.9 Å². The highest BCUT2D eigenvalue weighted by molar-refractivity contribution is 9.11. The second kappa shape index (κ2) is 5.21. The summed E-state index contributed by atoms with van der Waals surface area (Å²) in [5.41, 5.74) is 1.74. The van der Waals surface area contributed by atoms with Crippen molar-refractivity contribution in [3.05, 3.63) is 26.8 Å². The minimum atomic E-state index is 0.235. The third-order valence-corrected chi connectivity index (χ3v) is 4.48. The Morgan fingerprint density at radius 2 is 2.00 bits per heavy atom. The summed E-state index contributed by atoms with van der Waals surface area (Å²) in [4.78, 5) is 9.01. The number of fused-ring (bicyclic) bond motifs is 1. The lowest BCUT2D eigenvalue weighted by Crippen LogP contribution is -2.00. The Morgan fingerprint density at radius 3 is 2.75 bits per heavy atom. The van der Waals surface area contributed by atoms with E-state index in [1.54, 1.807) is 0 Å². The van der Waals surface area contributed by atoms with Gasteiger partial charge in [0.25, 0.3) is 0 Å². The summed E-state index contributed by atoms with van der Waals surface area (Å²) >= 11 is 6.95. The van der Waals surface area contributed by atoms with Crippen molar-refractivity contribution in [3.8, 4) is 22.9 Å². The zero-order valence-electron chi connectivity index (χ0n) is 10.8. The molecule has 1 aromatic carbocycles. The average molecular weight is 401 g/mol. The highest BCUT2D eigenvalue weighted by Gasteiger charge is 2.20. The van der Waals surface area contributed by atoms with E-state index in [1.165, 1.54) is 0 Å². The lowest BCUT2D eigenvalue weighted by molar-refractivity contribution is 0.173. The van der Waals surface area contributed by atoms with Gasteiger partial charge in [-0.15, -0.1) is 0 Å². The Labute approximate surface area is 133 Å². The fourth-order valence-electron chi connectivity index (χ4n) is 1.95. The number of halogens is 2. The predicted octanol–water partition coefficient (Wildman–Crippen LogP) is 3.75. The van der Waals surface area contributed by atoms with Crippen molar-refractivity contribution in [2.24, 2.45) is 0 Å². The summed E-state index contributed by atoms with van der Waals surface area (Å²) < 4.78 is 12.5. The smallest absolute Gasteiger partial charge is 0.231 e. The van der Waals surface area contributed by atoms with Crippen LogP contribution in [0.4, 0.5) is 5.82 Å². The van der Waals surface area contributed by atoms with Gasteiger partial charge in [0.05, 0.1) is 14.6 Å². The number of nitrogens with one attached hydrogen (secondary N) is 1. The number of aromatic nitrogens is 2. The number of ether oxygens (including phenoxy) is 2. The molecule has 1 aliphatic rings. The van der Waals surface area contributed by atoms with Gasteiger partial charge in [0, 0.05) is 12.6 Å². The van der Waals surface area contributed by atoms with Crippen LogP contribution in [0.1, 0.15) is 5.69 Å². The molecule has 0 unspecified atom stereocenters. The molecular weight excluding hydrogens is 390 g/mol. The van der Waals surface area contributed by atoms with Crippen molar-refractivity contribution in [1.29, 1.82) is 0 Å². The lowest BCUT2D eigenvalue weighted by atomic mass is 10.2. The molecule has 1 aliphatic heterocycles. The third-order valence-electron chi connectivity index (χ3n) is 2.94. The Morgan fingerprint density at radius 1 is 1.20 bits per heavy atom. The topological polar surface area (TPSA) is 56.3 Å². The fraction of sp³-hybridized carbons (Fsp3) is 0.231. The van der Waals surface area contributed by atoms with Crippen molar-refractivity contribution < 1.29 is 9.47 Å². The summed E-state index contributed by atoms with van der Waals surface area (Å²) in [5.74, 6) is 2.80. The van der Waals surface area contributed by atoms with E-state index in [1.807, 2.05) is 26.1 Å². The van der Waals surface area contributed by atoms with E-state index in [-0.39, 0.29) is 6.79 Å². The molecule has 7 heteroatoms. The zero-order valence-corrected chi connectivity index (χ0v) is 14.0. The SMILES string of the molecule is CNc1nc(-c2cc(Br)c3c(c2)OCO3)nc(C)c1Br. The van der Waals surface area contributed by atoms with Crippen molar-refractivity contribution >= 4 is 37.7 Å². The number of aryl methyl sites for hydroxylation is 1. The Bertz CT molecular complexity index is 683. The zero-order chi connectivity index (χ0) is 14.3. The molecule has 0 atom stereocenters. The molecule has 2 aromatic rings. The Balaban J connectivity index is 2.14. The third kappa shape index (κ3) is 2.25. The molecule has 0 aliphatic carbocycles. The molecule has 1 aromatic heterocycles. The quantitative estimate of drug-likeness (QED) is 0.831. The minimum Gasteiger partial charge on any atom is -0.454 e. The van der Waals surface area contributed by atoms with E-state index in [2.05, 4.69) is 47.1 Å². The molecule has 104 valence electrons. The summed E-state index contributed by atoms with van der Waals surface area (Å²) in [5, 5.41) is 3.05. The lowest BCUT2D eigenvalue weighted by Gasteiger charge is -2.09. The van der Waals surface area contributed by atoms with Gasteiger partial charge in [-0.25, -0.2) is 9.97 Å². The first-order valence-corrected chi connectivity index (χ1v) is 7.50. The first kappa shape index (κ1) is 13.6. The Hall–Kier alpha value is -1.34. The maximum atomic E-state index is 5.42. The van der Waals surface area contributed by atoms with Gasteiger partial charge in [0.2, 0.25) is 6.79 Å². The van der Waals surface area contributed by atoms with E-state index in [4.69, 9.17) is 9.47 Å². The second-order valence-electron chi connectivity index (χ2n) is 4.24. The highest BCUT2D eigenvalue weighted by atomic mass is 79.9. The second-order valence-corrected chi connectivity index (χ2v) is 5.88. The van der Waals surface area contributed by atoms with Crippen molar-refractivity contribution in [2.45, 2.75) is 6.92 Å². The van der Waals surface area contributed by atoms with Gasteiger partial charge in [0.1, 0.15) is 5.82 Å². The molecular formula is C13H11Br2N3O2. The molecule has 0 saturated heterocycles. The maximum Gasteiger partial charge on any atom is 0.231 e. The van der Waals surface area contributed by atoms with Crippen LogP contribution in [-0.4, -0.2) is 23.8 Å². The number of nitrogens with zero attached hydrogens (tertiary/aromatic N) is 2. The molecule has 3 rings (SSSR count). The fourth-order valence-corrected chi connectivity index (χ4v) is 2.88. The normalized spacial score (nSPS) is 12.6. The summed E-state index contributed by atoms with van der Waals surface area (Å²) in [6, 6.07) is 3.81. The summed E-state index contributed by atoms with van der Waals surface area (Å²) in [7, 11) is 1.83. The van der Waals surface area contributed by atoms with Gasteiger partial charge in [-0.1, -0.05) is 0 Å². The summed E-state index contributed by atoms with van der Waals surface area (Å²) in [6.45, 7) is 2.16. The summed E-state index contributed by atoms with van der Waals surface area (Å²) in [6.07, 6.45) is 0. The van der Waals surface area contributed by atoms with Crippen LogP contribution in [0.25, 0.3) is 11.4 Å². The van der Waals surface area contributed by atoms with Crippen LogP contribution in [-0.2, 0) is 0 Å². The number of rotatable bonds is 2. The molecule has 20 heavy (non-hydrogen) atoms. The number of anilines is 1. The average Bonchev–Trinajstić information content (AvgIpc) is 2.90. The minimum absolute atomic E-state index is 0.235. The molecule has 0 saturated carbocycles. The predicted molar refractivity (Wildman–Crippen MR) is 83.3 cm³/mol. The van der Waals surface area contributed by atoms with Crippen LogP contribution in [0, 0.1) is 6.92 Å². The van der Waals surface area contributed by atoms with Crippen molar-refractivity contribution in [2.75, 3.05) is 19.2 Å². The van der Waals surface area contributed by atoms with Gasteiger partial charge in [-0.3, -0.25) is 0 Å². The van der Waals surface area contributed by atoms with E-state index in [9.17, 15) is 0 Å². The first-order chi connectivity index (χ1) is 9.60. The van der Waals surface area contributed by atoms with E-state index >= 15 is 0 Å². The molecule has 1 N–H and O–H groups in total. The molecule has 5 nitrogen and oxygen atoms in total. The first-order valence-electron chi connectivity index (χ1n) is 5.91. The van der Waals surface area contributed by atoms with E-state index in [0.717, 1.165) is 31.8 Å². The molecule has 0 radical (unpaired) electrons. The van der Waals surface area contributed by atoms with Gasteiger partial charge >= 0.3 is 0 Å². The van der Waals surface area contributed by atoms with E-state index in [0.29, 0.717) is 11.6 Å². The largest absolute Gasteiger partial charge is 0.454 e. The van der Waals surface area contributed by atoms with Gasteiger partial charge in [-0.05, 0) is 50.9 Å². The molecule has 0 fully saturated rings. The van der Waals surface area contributed by atoms with Gasteiger partial charge < -0.3 is 14.8 Å².